The minimum Gasteiger partial charge on any atom is -0.506 e. The molecule has 1 aromatic heterocycles. The van der Waals surface area contributed by atoms with Gasteiger partial charge in [0.25, 0.3) is 0 Å². The van der Waals surface area contributed by atoms with E-state index in [-0.39, 0.29) is 18.3 Å². The van der Waals surface area contributed by atoms with E-state index in [9.17, 15) is 9.90 Å². The Kier molecular flexibility index (Phi) is 5.98. The topological polar surface area (TPSA) is 106 Å². The van der Waals surface area contributed by atoms with Gasteiger partial charge in [0.2, 0.25) is 0 Å². The van der Waals surface area contributed by atoms with E-state index in [0.717, 1.165) is 11.1 Å². The molecular formula is C19H24N2O4. The number of nitrogens with two attached hydrogens (primary N) is 1. The highest BCUT2D eigenvalue weighted by molar-refractivity contribution is 5.65. The Hall–Kier alpha value is -2.60. The quantitative estimate of drug-likeness (QED) is 0.716. The number of aromatic nitrogens is 1. The van der Waals surface area contributed by atoms with E-state index < -0.39 is 11.7 Å². The maximum absolute atomic E-state index is 11.3. The number of hydrogen-bond acceptors (Lipinski definition) is 5. The van der Waals surface area contributed by atoms with Crippen LogP contribution in [0.2, 0.25) is 0 Å². The molecule has 6 nitrogen and oxygen atoms in total. The van der Waals surface area contributed by atoms with Crippen LogP contribution in [0.4, 0.5) is 4.79 Å². The molecule has 0 saturated carbocycles. The first kappa shape index (κ1) is 18.7. The van der Waals surface area contributed by atoms with Crippen LogP contribution >= 0.6 is 0 Å². The molecule has 0 radical (unpaired) electrons. The highest BCUT2D eigenvalue weighted by Gasteiger charge is 2.34. The lowest BCUT2D eigenvalue weighted by molar-refractivity contribution is -0.00185. The molecule has 1 atom stereocenters. The van der Waals surface area contributed by atoms with Gasteiger partial charge < -0.3 is 20.7 Å². The number of aliphatic hydroxyl groups excluding tert-OH is 1. The Balaban J connectivity index is 2.27. The Labute approximate surface area is 147 Å². The highest BCUT2D eigenvalue weighted by atomic mass is 16.6. The smallest absolute Gasteiger partial charge is 0.405 e. The van der Waals surface area contributed by atoms with E-state index in [4.69, 9.17) is 15.6 Å². The third-order valence-electron chi connectivity index (χ3n) is 4.34. The van der Waals surface area contributed by atoms with Crippen LogP contribution < -0.4 is 5.73 Å². The van der Waals surface area contributed by atoms with Gasteiger partial charge in [0, 0.05) is 18.5 Å². The predicted octanol–water partition coefficient (Wildman–Crippen LogP) is 2.55. The Morgan fingerprint density at radius 3 is 2.40 bits per heavy atom. The lowest BCUT2D eigenvalue weighted by atomic mass is 9.81. The molecule has 0 saturated heterocycles. The van der Waals surface area contributed by atoms with Crippen molar-refractivity contribution in [2.75, 3.05) is 0 Å². The first-order chi connectivity index (χ1) is 11.8. The maximum atomic E-state index is 11.3. The zero-order valence-electron chi connectivity index (χ0n) is 14.5. The number of aromatic hydroxyl groups is 1. The van der Waals surface area contributed by atoms with Gasteiger partial charge in [0.05, 0.1) is 12.3 Å². The fourth-order valence-corrected chi connectivity index (χ4v) is 2.79. The molecular weight excluding hydrogens is 320 g/mol. The zero-order chi connectivity index (χ0) is 18.4. The van der Waals surface area contributed by atoms with Crippen molar-refractivity contribution in [3.8, 4) is 5.75 Å². The van der Waals surface area contributed by atoms with Crippen LogP contribution in [0, 0.1) is 5.92 Å². The number of benzene rings is 1. The molecule has 1 amide bonds. The second-order valence-corrected chi connectivity index (χ2v) is 6.57. The number of aliphatic hydroxyl groups is 1. The molecule has 6 heteroatoms. The number of primary amides is 1. The third-order valence-corrected chi connectivity index (χ3v) is 4.34. The van der Waals surface area contributed by atoms with Gasteiger partial charge in [0.15, 0.2) is 0 Å². The van der Waals surface area contributed by atoms with Gasteiger partial charge in [0.1, 0.15) is 11.4 Å². The fraction of sp³-hybridized carbons (Fsp3) is 0.368. The lowest BCUT2D eigenvalue weighted by Crippen LogP contribution is -2.40. The SMILES string of the molecule is CC(C)(OC(N)=O)C(Cc1ccc(CO)cc1)Cc1ncccc1O. The van der Waals surface area contributed by atoms with Gasteiger partial charge in [-0.05, 0) is 43.5 Å². The number of hydrogen-bond donors (Lipinski definition) is 3. The Morgan fingerprint density at radius 1 is 1.20 bits per heavy atom. The fourth-order valence-electron chi connectivity index (χ4n) is 2.79. The van der Waals surface area contributed by atoms with Crippen molar-refractivity contribution in [3.05, 3.63) is 59.4 Å². The average molecular weight is 344 g/mol. The van der Waals surface area contributed by atoms with Crippen molar-refractivity contribution in [2.24, 2.45) is 11.7 Å². The molecule has 0 aliphatic rings. The molecule has 1 unspecified atom stereocenters. The molecule has 1 aromatic carbocycles. The summed E-state index contributed by atoms with van der Waals surface area (Å²) in [6.07, 6.45) is 1.80. The summed E-state index contributed by atoms with van der Waals surface area (Å²) in [6.45, 7) is 3.58. The summed E-state index contributed by atoms with van der Waals surface area (Å²) in [6, 6.07) is 10.8. The van der Waals surface area contributed by atoms with Gasteiger partial charge in [-0.1, -0.05) is 24.3 Å². The van der Waals surface area contributed by atoms with Crippen molar-refractivity contribution in [2.45, 2.75) is 38.9 Å². The van der Waals surface area contributed by atoms with Gasteiger partial charge >= 0.3 is 6.09 Å². The summed E-state index contributed by atoms with van der Waals surface area (Å²) < 4.78 is 5.32. The molecule has 0 fully saturated rings. The summed E-state index contributed by atoms with van der Waals surface area (Å²) in [4.78, 5) is 15.5. The number of pyridine rings is 1. The molecule has 1 heterocycles. The second-order valence-electron chi connectivity index (χ2n) is 6.57. The first-order valence-electron chi connectivity index (χ1n) is 8.12. The summed E-state index contributed by atoms with van der Waals surface area (Å²) in [5.74, 6) is -0.0428. The van der Waals surface area contributed by atoms with Crippen LogP contribution in [0.5, 0.6) is 5.75 Å². The van der Waals surface area contributed by atoms with E-state index in [0.29, 0.717) is 18.5 Å². The van der Waals surface area contributed by atoms with Crippen molar-refractivity contribution in [3.63, 3.8) is 0 Å². The number of carbonyl (C=O) groups excluding carboxylic acids is 1. The van der Waals surface area contributed by atoms with Gasteiger partial charge in [-0.3, -0.25) is 4.98 Å². The second kappa shape index (κ2) is 7.98. The Bertz CT molecular complexity index is 714. The molecule has 4 N–H and O–H groups in total. The minimum atomic E-state index is -0.842. The van der Waals surface area contributed by atoms with E-state index in [1.54, 1.807) is 32.2 Å². The lowest BCUT2D eigenvalue weighted by Gasteiger charge is -2.33. The van der Waals surface area contributed by atoms with Gasteiger partial charge in [-0.15, -0.1) is 0 Å². The molecule has 0 aliphatic carbocycles. The summed E-state index contributed by atoms with van der Waals surface area (Å²) in [5, 5.41) is 19.2. The maximum Gasteiger partial charge on any atom is 0.405 e. The largest absolute Gasteiger partial charge is 0.506 e. The van der Waals surface area contributed by atoms with Crippen LogP contribution in [0.15, 0.2) is 42.6 Å². The van der Waals surface area contributed by atoms with Crippen molar-refractivity contribution in [1.29, 1.82) is 0 Å². The van der Waals surface area contributed by atoms with Crippen molar-refractivity contribution >= 4 is 6.09 Å². The van der Waals surface area contributed by atoms with Crippen LogP contribution in [-0.4, -0.2) is 26.9 Å². The van der Waals surface area contributed by atoms with Crippen molar-refractivity contribution in [1.82, 2.24) is 4.98 Å². The van der Waals surface area contributed by atoms with E-state index in [1.807, 2.05) is 24.3 Å². The number of rotatable bonds is 7. The standard InChI is InChI=1S/C19H24N2O4/c1-19(2,25-18(20)24)15(11-16-17(23)4-3-9-21-16)10-13-5-7-14(12-22)8-6-13/h3-9,15,22-23H,10-12H2,1-2H3,(H2,20,24). The molecule has 134 valence electrons. The summed E-state index contributed by atoms with van der Waals surface area (Å²) in [7, 11) is 0. The van der Waals surface area contributed by atoms with Gasteiger partial charge in [-0.2, -0.15) is 0 Å². The molecule has 0 spiro atoms. The number of amides is 1. The number of ether oxygens (including phenoxy) is 1. The monoisotopic (exact) mass is 344 g/mol. The van der Waals surface area contributed by atoms with Crippen LogP contribution in [-0.2, 0) is 24.2 Å². The van der Waals surface area contributed by atoms with E-state index in [2.05, 4.69) is 4.98 Å². The summed E-state index contributed by atoms with van der Waals surface area (Å²) >= 11 is 0. The van der Waals surface area contributed by atoms with Crippen molar-refractivity contribution < 1.29 is 19.7 Å². The molecule has 25 heavy (non-hydrogen) atoms. The average Bonchev–Trinajstić information content (AvgIpc) is 2.55. The molecule has 2 rings (SSSR count). The number of carbonyl (C=O) groups is 1. The van der Waals surface area contributed by atoms with E-state index >= 15 is 0 Å². The van der Waals surface area contributed by atoms with Crippen LogP contribution in [0.3, 0.4) is 0 Å². The number of nitrogens with zero attached hydrogens (tertiary/aromatic N) is 1. The third kappa shape index (κ3) is 5.19. The first-order valence-corrected chi connectivity index (χ1v) is 8.12. The van der Waals surface area contributed by atoms with Crippen LogP contribution in [0.25, 0.3) is 0 Å². The van der Waals surface area contributed by atoms with E-state index in [1.165, 1.54) is 0 Å². The normalized spacial score (nSPS) is 12.6. The molecule has 0 bridgehead atoms. The summed E-state index contributed by atoms with van der Waals surface area (Å²) in [5.41, 5.74) is 6.77. The molecule has 2 aromatic rings. The van der Waals surface area contributed by atoms with Crippen LogP contribution in [0.1, 0.15) is 30.7 Å². The highest BCUT2D eigenvalue weighted by Crippen LogP contribution is 2.30. The Morgan fingerprint density at radius 2 is 1.84 bits per heavy atom. The molecule has 0 aliphatic heterocycles. The predicted molar refractivity (Wildman–Crippen MR) is 93.9 cm³/mol. The minimum absolute atomic E-state index is 0.0121. The van der Waals surface area contributed by atoms with Gasteiger partial charge in [-0.25, -0.2) is 4.79 Å². The zero-order valence-corrected chi connectivity index (χ0v) is 14.5.